The van der Waals surface area contributed by atoms with E-state index in [1.165, 1.54) is 0 Å². The lowest BCUT2D eigenvalue weighted by Gasteiger charge is -2.39. The van der Waals surface area contributed by atoms with Crippen molar-refractivity contribution in [2.45, 2.75) is 43.4 Å². The topological polar surface area (TPSA) is 102 Å². The van der Waals surface area contributed by atoms with Gasteiger partial charge >= 0.3 is 0 Å². The van der Waals surface area contributed by atoms with Crippen LogP contribution in [0.25, 0.3) is 0 Å². The first-order valence-corrected chi connectivity index (χ1v) is 8.65. The summed E-state index contributed by atoms with van der Waals surface area (Å²) < 4.78 is 11.0. The maximum Gasteiger partial charge on any atom is 0.252 e. The molecule has 8 heteroatoms. The molecule has 0 unspecified atom stereocenters. The Morgan fingerprint density at radius 1 is 1.00 bits per heavy atom. The number of nitrogens with zero attached hydrogens (tertiary/aromatic N) is 2. The Hall–Kier alpha value is -1.67. The quantitative estimate of drug-likeness (QED) is 0.702. The van der Waals surface area contributed by atoms with Crippen LogP contribution in [0.3, 0.4) is 0 Å². The Morgan fingerprint density at radius 2 is 1.62 bits per heavy atom. The van der Waals surface area contributed by atoms with Crippen LogP contribution in [0.4, 0.5) is 0 Å². The number of ether oxygens (including phenoxy) is 2. The van der Waals surface area contributed by atoms with E-state index in [2.05, 4.69) is 0 Å². The lowest BCUT2D eigenvalue weighted by molar-refractivity contribution is -0.157. The van der Waals surface area contributed by atoms with Crippen molar-refractivity contribution in [3.8, 4) is 0 Å². The summed E-state index contributed by atoms with van der Waals surface area (Å²) in [7, 11) is 0. The summed E-state index contributed by atoms with van der Waals surface area (Å²) >= 11 is 0. The van der Waals surface area contributed by atoms with Crippen molar-refractivity contribution in [2.24, 2.45) is 11.7 Å². The Kier molecular flexibility index (Phi) is 3.76. The highest BCUT2D eigenvalue weighted by Gasteiger charge is 2.62. The van der Waals surface area contributed by atoms with Gasteiger partial charge in [-0.25, -0.2) is 0 Å². The zero-order valence-electron chi connectivity index (χ0n) is 13.6. The van der Waals surface area contributed by atoms with Gasteiger partial charge in [0.25, 0.3) is 11.8 Å². The third kappa shape index (κ3) is 2.31. The van der Waals surface area contributed by atoms with Gasteiger partial charge in [-0.3, -0.25) is 14.4 Å². The second-order valence-corrected chi connectivity index (χ2v) is 7.25. The normalized spacial score (nSPS) is 38.1. The number of morpholine rings is 1. The van der Waals surface area contributed by atoms with Crippen LogP contribution >= 0.6 is 0 Å². The van der Waals surface area contributed by atoms with Crippen LogP contribution in [0.2, 0.25) is 0 Å². The minimum atomic E-state index is -0.808. The molecule has 0 aromatic heterocycles. The average molecular weight is 337 g/mol. The van der Waals surface area contributed by atoms with Gasteiger partial charge in [-0.05, 0) is 31.6 Å². The van der Waals surface area contributed by atoms with Crippen LogP contribution < -0.4 is 5.73 Å². The molecule has 1 aliphatic carbocycles. The van der Waals surface area contributed by atoms with Crippen LogP contribution in [0.5, 0.6) is 0 Å². The number of carbonyl (C=O) groups excluding carboxylic acids is 3. The van der Waals surface area contributed by atoms with Gasteiger partial charge in [0, 0.05) is 19.6 Å². The number of hydrogen-bond acceptors (Lipinski definition) is 5. The van der Waals surface area contributed by atoms with Crippen LogP contribution in [-0.4, -0.2) is 78.1 Å². The third-order valence-corrected chi connectivity index (χ3v) is 5.83. The molecule has 24 heavy (non-hydrogen) atoms. The minimum Gasteiger partial charge on any atom is -0.378 e. The molecule has 4 aliphatic heterocycles. The summed E-state index contributed by atoms with van der Waals surface area (Å²) in [6, 6.07) is 0. The second-order valence-electron chi connectivity index (χ2n) is 7.25. The van der Waals surface area contributed by atoms with Gasteiger partial charge in [-0.15, -0.1) is 0 Å². The van der Waals surface area contributed by atoms with Gasteiger partial charge in [-0.1, -0.05) is 0 Å². The lowest BCUT2D eigenvalue weighted by Crippen LogP contribution is -2.59. The molecule has 0 radical (unpaired) electrons. The van der Waals surface area contributed by atoms with Gasteiger partial charge < -0.3 is 25.0 Å². The highest BCUT2D eigenvalue weighted by Crippen LogP contribution is 2.50. The molecule has 5 aliphatic rings. The molecule has 5 rings (SSSR count). The number of primary amides is 1. The van der Waals surface area contributed by atoms with Crippen LogP contribution in [0.15, 0.2) is 0 Å². The molecule has 2 N–H and O–H groups in total. The van der Waals surface area contributed by atoms with E-state index in [9.17, 15) is 14.4 Å². The largest absolute Gasteiger partial charge is 0.378 e. The molecule has 8 nitrogen and oxygen atoms in total. The molecule has 3 amide bonds. The zero-order valence-corrected chi connectivity index (χ0v) is 13.6. The van der Waals surface area contributed by atoms with Gasteiger partial charge in [-0.2, -0.15) is 0 Å². The molecule has 2 atom stereocenters. The maximum atomic E-state index is 12.8. The van der Waals surface area contributed by atoms with Crippen molar-refractivity contribution in [3.63, 3.8) is 0 Å². The average Bonchev–Trinajstić information content (AvgIpc) is 3.26. The Balaban J connectivity index is 1.39. The number of nitrogens with two attached hydrogens (primary N) is 1. The fraction of sp³-hybridized carbons (Fsp3) is 0.812. The van der Waals surface area contributed by atoms with Crippen molar-refractivity contribution < 1.29 is 23.9 Å². The van der Waals surface area contributed by atoms with Gasteiger partial charge in [0.05, 0.1) is 13.2 Å². The van der Waals surface area contributed by atoms with Crippen molar-refractivity contribution in [1.82, 2.24) is 9.80 Å². The fourth-order valence-corrected chi connectivity index (χ4v) is 4.47. The third-order valence-electron chi connectivity index (χ3n) is 5.83. The number of fused-ring (bicyclic) bond motifs is 1. The van der Waals surface area contributed by atoms with Crippen molar-refractivity contribution in [2.75, 3.05) is 32.8 Å². The zero-order chi connectivity index (χ0) is 16.9. The highest BCUT2D eigenvalue weighted by molar-refractivity contribution is 5.94. The van der Waals surface area contributed by atoms with Crippen LogP contribution in [0.1, 0.15) is 25.7 Å². The first-order chi connectivity index (χ1) is 11.5. The van der Waals surface area contributed by atoms with Gasteiger partial charge in [0.2, 0.25) is 5.91 Å². The molecule has 132 valence electrons. The fourth-order valence-electron chi connectivity index (χ4n) is 4.47. The molecule has 4 saturated heterocycles. The molecule has 2 bridgehead atoms. The van der Waals surface area contributed by atoms with E-state index in [0.29, 0.717) is 64.4 Å². The van der Waals surface area contributed by atoms with Crippen molar-refractivity contribution >= 4 is 17.7 Å². The minimum absolute atomic E-state index is 0.0658. The number of amides is 3. The summed E-state index contributed by atoms with van der Waals surface area (Å²) in [4.78, 5) is 40.4. The molecular formula is C16H23N3O5. The van der Waals surface area contributed by atoms with E-state index in [4.69, 9.17) is 15.2 Å². The summed E-state index contributed by atoms with van der Waals surface area (Å²) in [5, 5.41) is 0. The van der Waals surface area contributed by atoms with E-state index >= 15 is 0 Å². The van der Waals surface area contributed by atoms with Crippen LogP contribution in [-0.2, 0) is 23.9 Å². The highest BCUT2D eigenvalue weighted by atomic mass is 16.5. The first kappa shape index (κ1) is 15.8. The SMILES string of the molecule is NC(=O)C12CC(CN1C(=O)[C@@H]1CC[C@H](C(=O)N3CCOCC3)O1)C2. The maximum absolute atomic E-state index is 12.8. The van der Waals surface area contributed by atoms with Crippen molar-refractivity contribution in [3.05, 3.63) is 0 Å². The summed E-state index contributed by atoms with van der Waals surface area (Å²) in [6.07, 6.45) is 1.16. The number of rotatable bonds is 3. The number of carbonyl (C=O) groups is 3. The molecule has 0 aromatic carbocycles. The monoisotopic (exact) mass is 337 g/mol. The molecule has 1 saturated carbocycles. The molecular weight excluding hydrogens is 314 g/mol. The first-order valence-electron chi connectivity index (χ1n) is 8.65. The summed E-state index contributed by atoms with van der Waals surface area (Å²) in [5.74, 6) is -0.313. The molecule has 0 aromatic rings. The van der Waals surface area contributed by atoms with Crippen LogP contribution in [0, 0.1) is 5.92 Å². The predicted octanol–water partition coefficient (Wildman–Crippen LogP) is -1.13. The Labute approximate surface area is 140 Å². The second kappa shape index (κ2) is 5.70. The van der Waals surface area contributed by atoms with Gasteiger partial charge in [0.15, 0.2) is 0 Å². The Bertz CT molecular complexity index is 568. The van der Waals surface area contributed by atoms with E-state index in [0.717, 1.165) is 0 Å². The van der Waals surface area contributed by atoms with Crippen molar-refractivity contribution in [1.29, 1.82) is 0 Å². The van der Waals surface area contributed by atoms with E-state index in [1.807, 2.05) is 0 Å². The van der Waals surface area contributed by atoms with E-state index < -0.39 is 23.7 Å². The molecule has 5 fully saturated rings. The van der Waals surface area contributed by atoms with E-state index in [1.54, 1.807) is 9.80 Å². The lowest BCUT2D eigenvalue weighted by atomic mass is 9.73. The standard InChI is InChI=1S/C16H23N3O5/c17-15(22)16-7-10(8-16)9-19(16)14(21)12-2-1-11(24-12)13(20)18-3-5-23-6-4-18/h10-12H,1-9H2,(H2,17,22)/t10?,11-,12+,16?/m1/s1. The summed E-state index contributed by atoms with van der Waals surface area (Å²) in [5.41, 5.74) is 4.72. The Morgan fingerprint density at radius 3 is 2.25 bits per heavy atom. The number of hydrogen-bond donors (Lipinski definition) is 1. The van der Waals surface area contributed by atoms with Gasteiger partial charge in [0.1, 0.15) is 17.7 Å². The van der Waals surface area contributed by atoms with E-state index in [-0.39, 0.29) is 11.8 Å². The smallest absolute Gasteiger partial charge is 0.252 e. The molecule has 0 spiro atoms. The molecule has 4 heterocycles. The summed E-state index contributed by atoms with van der Waals surface area (Å²) in [6.45, 7) is 2.78. The predicted molar refractivity (Wildman–Crippen MR) is 81.7 cm³/mol.